The molecule has 0 aromatic heterocycles. The number of fused-ring (bicyclic) bond motifs is 5. The lowest BCUT2D eigenvalue weighted by Gasteiger charge is -2.55. The molecule has 32 heavy (non-hydrogen) atoms. The van der Waals surface area contributed by atoms with E-state index >= 15 is 0 Å². The zero-order valence-corrected chi connectivity index (χ0v) is 21.7. The molecule has 7 atom stereocenters. The van der Waals surface area contributed by atoms with E-state index in [1.807, 2.05) is 0 Å². The topological polar surface area (TPSA) is 66.8 Å². The van der Waals surface area contributed by atoms with Crippen LogP contribution in [-0.4, -0.2) is 15.9 Å². The molecule has 0 heterocycles. The van der Waals surface area contributed by atoms with Crippen LogP contribution in [0.25, 0.3) is 0 Å². The zero-order chi connectivity index (χ0) is 23.3. The quantitative estimate of drug-likeness (QED) is 0.385. The van der Waals surface area contributed by atoms with Crippen molar-refractivity contribution in [3.63, 3.8) is 0 Å². The van der Waals surface area contributed by atoms with Crippen LogP contribution in [0.1, 0.15) is 98.8 Å². The second-order valence-electron chi connectivity index (χ2n) is 12.4. The maximum atomic E-state index is 11.4. The van der Waals surface area contributed by atoms with Crippen molar-refractivity contribution < 1.29 is 18.9 Å². The molecule has 4 aliphatic carbocycles. The highest BCUT2D eigenvalue weighted by Gasteiger charge is 2.57. The monoisotopic (exact) mass is 464 g/mol. The van der Waals surface area contributed by atoms with E-state index in [0.29, 0.717) is 23.7 Å². The van der Waals surface area contributed by atoms with E-state index in [0.717, 1.165) is 30.6 Å². The Hall–Kier alpha value is -0.410. The third-order valence-corrected chi connectivity index (χ3v) is 10.6. The predicted molar refractivity (Wildman–Crippen MR) is 130 cm³/mol. The van der Waals surface area contributed by atoms with Gasteiger partial charge in [0.2, 0.25) is 0 Å². The molecule has 0 spiro atoms. The van der Waals surface area contributed by atoms with Gasteiger partial charge in [0.15, 0.2) is 0 Å². The van der Waals surface area contributed by atoms with E-state index in [9.17, 15) is 14.4 Å². The minimum absolute atomic E-state index is 0.126. The van der Waals surface area contributed by atoms with Gasteiger partial charge in [-0.25, -0.2) is 4.57 Å². The van der Waals surface area contributed by atoms with Crippen LogP contribution in [0, 0.1) is 40.4 Å². The second kappa shape index (κ2) is 8.99. The van der Waals surface area contributed by atoms with Gasteiger partial charge in [-0.15, -0.1) is 0 Å². The molecule has 4 nitrogen and oxygen atoms in total. The Morgan fingerprint density at radius 1 is 1.03 bits per heavy atom. The standard InChI is InChI=1S/C27H45O4P/c1-18(2)7-6-8-19(3)23-11-12-24-22-10-9-20-17-21(31-32(28,29)30)13-15-26(20,4)25(22)14-16-27(23,24)5/h9-10,18-19,21,23-25H,6-8,11-17H2,1-5H3,(H2,28,29,30)/t19-,21+,23-,24+,25+,26+,27-/m1/s1. The van der Waals surface area contributed by atoms with Crippen LogP contribution < -0.4 is 0 Å². The van der Waals surface area contributed by atoms with E-state index in [2.05, 4.69) is 46.8 Å². The molecule has 0 saturated heterocycles. The first-order valence-corrected chi connectivity index (χ1v) is 14.6. The predicted octanol–water partition coefficient (Wildman–Crippen LogP) is 7.43. The fourth-order valence-corrected chi connectivity index (χ4v) is 8.85. The highest BCUT2D eigenvalue weighted by atomic mass is 31.2. The van der Waals surface area contributed by atoms with E-state index in [1.165, 1.54) is 50.5 Å². The van der Waals surface area contributed by atoms with Gasteiger partial charge in [0.05, 0.1) is 6.10 Å². The Morgan fingerprint density at radius 2 is 1.78 bits per heavy atom. The first kappa shape index (κ1) is 24.7. The van der Waals surface area contributed by atoms with Gasteiger partial charge in [-0.3, -0.25) is 4.52 Å². The van der Waals surface area contributed by atoms with Crippen molar-refractivity contribution in [3.05, 3.63) is 23.3 Å². The first-order chi connectivity index (χ1) is 14.9. The summed E-state index contributed by atoms with van der Waals surface area (Å²) in [6.45, 7) is 12.2. The van der Waals surface area contributed by atoms with Gasteiger partial charge < -0.3 is 9.79 Å². The molecule has 0 aromatic carbocycles. The summed E-state index contributed by atoms with van der Waals surface area (Å²) < 4.78 is 16.4. The Morgan fingerprint density at radius 3 is 2.47 bits per heavy atom. The fraction of sp³-hybridized carbons (Fsp3) is 0.852. The smallest absolute Gasteiger partial charge is 0.303 e. The molecule has 4 aliphatic rings. The summed E-state index contributed by atoms with van der Waals surface area (Å²) in [5.41, 5.74) is 3.59. The lowest BCUT2D eigenvalue weighted by atomic mass is 9.50. The molecule has 182 valence electrons. The number of allylic oxidation sites excluding steroid dienone is 3. The average molecular weight is 465 g/mol. The number of phosphoric ester groups is 1. The molecule has 3 saturated carbocycles. The Balaban J connectivity index is 1.51. The Kier molecular flexibility index (Phi) is 6.94. The number of hydrogen-bond acceptors (Lipinski definition) is 2. The van der Waals surface area contributed by atoms with Crippen molar-refractivity contribution in [2.45, 2.75) is 105 Å². The van der Waals surface area contributed by atoms with E-state index in [-0.39, 0.29) is 11.5 Å². The second-order valence-corrected chi connectivity index (χ2v) is 13.6. The molecule has 0 radical (unpaired) electrons. The van der Waals surface area contributed by atoms with Gasteiger partial charge >= 0.3 is 7.82 Å². The van der Waals surface area contributed by atoms with Crippen LogP contribution in [0.3, 0.4) is 0 Å². The maximum Gasteiger partial charge on any atom is 0.469 e. The Labute approximate surface area is 195 Å². The number of phosphoric acid groups is 1. The SMILES string of the molecule is CC(C)CCC[C@@H](C)[C@H]1CC[C@H]2C3=CC=C4C[C@@H](OP(=O)(O)O)CC[C@]4(C)[C@H]3CC[C@]12C. The zero-order valence-electron chi connectivity index (χ0n) is 20.8. The van der Waals surface area contributed by atoms with Crippen molar-refractivity contribution in [2.75, 3.05) is 0 Å². The van der Waals surface area contributed by atoms with Crippen molar-refractivity contribution in [3.8, 4) is 0 Å². The summed E-state index contributed by atoms with van der Waals surface area (Å²) in [7, 11) is -4.43. The number of hydrogen-bond donors (Lipinski definition) is 2. The minimum Gasteiger partial charge on any atom is -0.303 e. The van der Waals surface area contributed by atoms with Gasteiger partial charge in [0.25, 0.3) is 0 Å². The molecular weight excluding hydrogens is 419 g/mol. The summed E-state index contributed by atoms with van der Waals surface area (Å²) >= 11 is 0. The van der Waals surface area contributed by atoms with Crippen LogP contribution in [0.15, 0.2) is 23.3 Å². The van der Waals surface area contributed by atoms with E-state index < -0.39 is 7.82 Å². The molecular formula is C27H45O4P. The highest BCUT2D eigenvalue weighted by molar-refractivity contribution is 7.46. The molecule has 0 aromatic rings. The molecule has 0 unspecified atom stereocenters. The highest BCUT2D eigenvalue weighted by Crippen LogP contribution is 2.66. The summed E-state index contributed by atoms with van der Waals surface area (Å²) in [4.78, 5) is 18.5. The van der Waals surface area contributed by atoms with Crippen LogP contribution in [0.5, 0.6) is 0 Å². The van der Waals surface area contributed by atoms with Crippen molar-refractivity contribution in [1.82, 2.24) is 0 Å². The molecule has 3 fully saturated rings. The third-order valence-electron chi connectivity index (χ3n) is 10.0. The molecule has 5 heteroatoms. The summed E-state index contributed by atoms with van der Waals surface area (Å²) in [5.74, 6) is 3.75. The molecule has 4 rings (SSSR count). The van der Waals surface area contributed by atoms with Crippen molar-refractivity contribution in [1.29, 1.82) is 0 Å². The molecule has 2 N–H and O–H groups in total. The third kappa shape index (κ3) is 4.59. The van der Waals surface area contributed by atoms with Gasteiger partial charge in [-0.1, -0.05) is 77.2 Å². The van der Waals surface area contributed by atoms with Crippen molar-refractivity contribution >= 4 is 7.82 Å². The molecule has 0 bridgehead atoms. The first-order valence-electron chi connectivity index (χ1n) is 13.1. The average Bonchev–Trinajstić information content (AvgIpc) is 3.04. The molecule has 0 amide bonds. The van der Waals surface area contributed by atoms with Crippen LogP contribution >= 0.6 is 7.82 Å². The van der Waals surface area contributed by atoms with E-state index in [1.54, 1.807) is 5.57 Å². The van der Waals surface area contributed by atoms with Gasteiger partial charge in [-0.2, -0.15) is 0 Å². The summed E-state index contributed by atoms with van der Waals surface area (Å²) in [6.07, 6.45) is 16.1. The van der Waals surface area contributed by atoms with Gasteiger partial charge in [-0.05, 0) is 85.4 Å². The molecule has 0 aliphatic heterocycles. The van der Waals surface area contributed by atoms with Crippen LogP contribution in [0.4, 0.5) is 0 Å². The maximum absolute atomic E-state index is 11.4. The van der Waals surface area contributed by atoms with Crippen molar-refractivity contribution in [2.24, 2.45) is 40.4 Å². The van der Waals surface area contributed by atoms with Gasteiger partial charge in [0, 0.05) is 0 Å². The van der Waals surface area contributed by atoms with Gasteiger partial charge in [0.1, 0.15) is 0 Å². The summed E-state index contributed by atoms with van der Waals surface area (Å²) in [6, 6.07) is 0. The summed E-state index contributed by atoms with van der Waals surface area (Å²) in [5, 5.41) is 0. The van der Waals surface area contributed by atoms with Crippen LogP contribution in [-0.2, 0) is 9.09 Å². The minimum atomic E-state index is -4.43. The van der Waals surface area contributed by atoms with E-state index in [4.69, 9.17) is 4.52 Å². The number of rotatable bonds is 7. The largest absolute Gasteiger partial charge is 0.469 e. The Bertz CT molecular complexity index is 810. The lowest BCUT2D eigenvalue weighted by molar-refractivity contribution is 0.0310. The van der Waals surface area contributed by atoms with Crippen LogP contribution in [0.2, 0.25) is 0 Å². The normalized spacial score (nSPS) is 40.2. The lowest BCUT2D eigenvalue weighted by Crippen LogP contribution is -2.46. The fourth-order valence-electron chi connectivity index (χ4n) is 8.28.